The van der Waals surface area contributed by atoms with Crippen LogP contribution in [-0.4, -0.2) is 40.4 Å². The van der Waals surface area contributed by atoms with E-state index in [9.17, 15) is 27.9 Å². The number of carbonyl (C=O) groups excluding carboxylic acids is 2. The molecule has 2 aromatic rings. The van der Waals surface area contributed by atoms with Crippen LogP contribution in [0.4, 0.5) is 18.0 Å². The van der Waals surface area contributed by atoms with Crippen molar-refractivity contribution in [2.75, 3.05) is 0 Å². The summed E-state index contributed by atoms with van der Waals surface area (Å²) in [6.45, 7) is 12.3. The monoisotopic (exact) mass is 508 g/mol. The van der Waals surface area contributed by atoms with E-state index in [1.165, 1.54) is 0 Å². The van der Waals surface area contributed by atoms with Gasteiger partial charge in [0.2, 0.25) is 0 Å². The van der Waals surface area contributed by atoms with Crippen molar-refractivity contribution in [1.29, 1.82) is 0 Å². The SMILES string of the molecule is Cc1ccc(C(=O)NC(C)(C)C)c(C[C@H](O)[C@@H](Cc2cc(F)c(F)cc2F)NC(=O)OC(C)(C)C)c1. The minimum Gasteiger partial charge on any atom is -0.444 e. The predicted molar refractivity (Wildman–Crippen MR) is 131 cm³/mol. The Bertz CT molecular complexity index is 1110. The van der Waals surface area contributed by atoms with E-state index in [1.54, 1.807) is 39.0 Å². The van der Waals surface area contributed by atoms with Crippen molar-refractivity contribution < 1.29 is 32.6 Å². The summed E-state index contributed by atoms with van der Waals surface area (Å²) >= 11 is 0. The van der Waals surface area contributed by atoms with Crippen molar-refractivity contribution in [1.82, 2.24) is 10.6 Å². The van der Waals surface area contributed by atoms with E-state index < -0.39 is 46.8 Å². The number of amides is 2. The lowest BCUT2D eigenvalue weighted by atomic mass is 9.92. The molecule has 0 saturated heterocycles. The van der Waals surface area contributed by atoms with E-state index in [0.29, 0.717) is 23.3 Å². The van der Waals surface area contributed by atoms with E-state index in [4.69, 9.17) is 4.74 Å². The lowest BCUT2D eigenvalue weighted by Crippen LogP contribution is -2.48. The van der Waals surface area contributed by atoms with E-state index in [1.807, 2.05) is 27.7 Å². The lowest BCUT2D eigenvalue weighted by molar-refractivity contribution is 0.0421. The molecule has 0 bridgehead atoms. The van der Waals surface area contributed by atoms with Crippen molar-refractivity contribution >= 4 is 12.0 Å². The van der Waals surface area contributed by atoms with Crippen molar-refractivity contribution in [2.24, 2.45) is 0 Å². The highest BCUT2D eigenvalue weighted by molar-refractivity contribution is 5.96. The van der Waals surface area contributed by atoms with Gasteiger partial charge in [0.1, 0.15) is 11.4 Å². The molecule has 2 atom stereocenters. The van der Waals surface area contributed by atoms with Crippen molar-refractivity contribution in [2.45, 2.75) is 84.6 Å². The van der Waals surface area contributed by atoms with Crippen LogP contribution in [0.2, 0.25) is 0 Å². The smallest absolute Gasteiger partial charge is 0.407 e. The van der Waals surface area contributed by atoms with Crippen LogP contribution in [0.3, 0.4) is 0 Å². The molecule has 0 aliphatic carbocycles. The topological polar surface area (TPSA) is 87.7 Å². The summed E-state index contributed by atoms with van der Waals surface area (Å²) in [5, 5.41) is 16.5. The fraction of sp³-hybridized carbons (Fsp3) is 0.481. The molecule has 9 heteroatoms. The Morgan fingerprint density at radius 3 is 2.11 bits per heavy atom. The number of alkyl carbamates (subject to hydrolysis) is 1. The number of hydrogen-bond donors (Lipinski definition) is 3. The standard InChI is InChI=1S/C27H35F3N2O4/c1-15-8-9-18(24(34)32-26(2,3)4)16(10-15)13-23(33)22(31-25(35)36-27(5,6)7)12-17-11-20(29)21(30)14-19(17)28/h8-11,14,22-23,33H,12-13H2,1-7H3,(H,31,35)(H,32,34)/t22-,23+/m1/s1. The van der Waals surface area contributed by atoms with Crippen LogP contribution in [0.5, 0.6) is 0 Å². The number of hydrogen-bond acceptors (Lipinski definition) is 4. The highest BCUT2D eigenvalue weighted by Crippen LogP contribution is 2.21. The maximum Gasteiger partial charge on any atom is 0.407 e. The number of benzene rings is 2. The number of rotatable bonds is 7. The van der Waals surface area contributed by atoms with E-state index >= 15 is 0 Å². The average Bonchev–Trinajstić information content (AvgIpc) is 2.68. The van der Waals surface area contributed by atoms with Crippen molar-refractivity contribution in [3.63, 3.8) is 0 Å². The largest absolute Gasteiger partial charge is 0.444 e. The second kappa shape index (κ2) is 11.3. The normalized spacial score (nSPS) is 13.6. The highest BCUT2D eigenvalue weighted by atomic mass is 19.2. The quantitative estimate of drug-likeness (QED) is 0.461. The molecule has 0 aromatic heterocycles. The zero-order chi connectivity index (χ0) is 27.4. The first kappa shape index (κ1) is 29.2. The Kier molecular flexibility index (Phi) is 9.18. The zero-order valence-corrected chi connectivity index (χ0v) is 21.8. The first-order valence-electron chi connectivity index (χ1n) is 11.7. The molecule has 2 aromatic carbocycles. The molecule has 3 N–H and O–H groups in total. The molecule has 6 nitrogen and oxygen atoms in total. The van der Waals surface area contributed by atoms with Gasteiger partial charge in [0.15, 0.2) is 11.6 Å². The van der Waals surface area contributed by atoms with E-state index in [-0.39, 0.29) is 24.3 Å². The fourth-order valence-electron chi connectivity index (χ4n) is 3.59. The Balaban J connectivity index is 2.39. The summed E-state index contributed by atoms with van der Waals surface area (Å²) in [7, 11) is 0. The third kappa shape index (κ3) is 8.86. The summed E-state index contributed by atoms with van der Waals surface area (Å²) in [6, 6.07) is 5.11. The maximum atomic E-state index is 14.4. The summed E-state index contributed by atoms with van der Waals surface area (Å²) < 4.78 is 46.9. The van der Waals surface area contributed by atoms with Crippen LogP contribution in [0.15, 0.2) is 30.3 Å². The van der Waals surface area contributed by atoms with Gasteiger partial charge in [-0.05, 0) is 78.1 Å². The van der Waals surface area contributed by atoms with Gasteiger partial charge >= 0.3 is 6.09 Å². The third-order valence-electron chi connectivity index (χ3n) is 5.12. The van der Waals surface area contributed by atoms with Crippen LogP contribution >= 0.6 is 0 Å². The Morgan fingerprint density at radius 2 is 1.53 bits per heavy atom. The van der Waals surface area contributed by atoms with Crippen LogP contribution in [0, 0.1) is 24.4 Å². The summed E-state index contributed by atoms with van der Waals surface area (Å²) in [6.07, 6.45) is -2.63. The van der Waals surface area contributed by atoms with Gasteiger partial charge in [0, 0.05) is 23.6 Å². The van der Waals surface area contributed by atoms with Crippen molar-refractivity contribution in [3.8, 4) is 0 Å². The first-order valence-corrected chi connectivity index (χ1v) is 11.7. The van der Waals surface area contributed by atoms with Crippen LogP contribution in [-0.2, 0) is 17.6 Å². The number of aryl methyl sites for hydroxylation is 1. The molecule has 0 heterocycles. The molecule has 0 spiro atoms. The minimum atomic E-state index is -1.34. The Hall–Kier alpha value is -3.07. The molecule has 2 amide bonds. The molecular formula is C27H35F3N2O4. The lowest BCUT2D eigenvalue weighted by Gasteiger charge is -2.28. The predicted octanol–water partition coefficient (Wildman–Crippen LogP) is 4.98. The molecule has 36 heavy (non-hydrogen) atoms. The van der Waals surface area contributed by atoms with Gasteiger partial charge in [-0.25, -0.2) is 18.0 Å². The van der Waals surface area contributed by atoms with E-state index in [2.05, 4.69) is 10.6 Å². The second-order valence-electron chi connectivity index (χ2n) is 11.0. The molecule has 198 valence electrons. The number of halogens is 3. The second-order valence-corrected chi connectivity index (χ2v) is 11.0. The molecule has 2 rings (SSSR count). The van der Waals surface area contributed by atoms with Crippen LogP contribution in [0.1, 0.15) is 68.6 Å². The molecule has 0 unspecified atom stereocenters. The Labute approximate surface area is 210 Å². The molecule has 0 saturated carbocycles. The van der Waals surface area contributed by atoms with E-state index in [0.717, 1.165) is 5.56 Å². The number of nitrogens with one attached hydrogen (secondary N) is 2. The fourth-order valence-corrected chi connectivity index (χ4v) is 3.59. The number of aliphatic hydroxyl groups is 1. The highest BCUT2D eigenvalue weighted by Gasteiger charge is 2.28. The molecule has 0 radical (unpaired) electrons. The molecular weight excluding hydrogens is 473 g/mol. The van der Waals surface area contributed by atoms with Gasteiger partial charge in [0.05, 0.1) is 12.1 Å². The number of aliphatic hydroxyl groups excluding tert-OH is 1. The van der Waals surface area contributed by atoms with Crippen molar-refractivity contribution in [3.05, 3.63) is 70.0 Å². The van der Waals surface area contributed by atoms with Gasteiger partial charge in [-0.1, -0.05) is 17.7 Å². The summed E-state index contributed by atoms with van der Waals surface area (Å²) in [5.41, 5.74) is 0.108. The van der Waals surface area contributed by atoms with Crippen LogP contribution < -0.4 is 10.6 Å². The minimum absolute atomic E-state index is 0.0830. The summed E-state index contributed by atoms with van der Waals surface area (Å²) in [5.74, 6) is -3.95. The van der Waals surface area contributed by atoms with Gasteiger partial charge in [-0.2, -0.15) is 0 Å². The van der Waals surface area contributed by atoms with Gasteiger partial charge < -0.3 is 20.5 Å². The zero-order valence-electron chi connectivity index (χ0n) is 21.8. The average molecular weight is 509 g/mol. The summed E-state index contributed by atoms with van der Waals surface area (Å²) in [4.78, 5) is 25.3. The number of ether oxygens (including phenoxy) is 1. The molecule has 0 fully saturated rings. The van der Waals surface area contributed by atoms with Gasteiger partial charge in [-0.15, -0.1) is 0 Å². The Morgan fingerprint density at radius 1 is 0.917 bits per heavy atom. The molecule has 0 aliphatic heterocycles. The van der Waals surface area contributed by atoms with Gasteiger partial charge in [-0.3, -0.25) is 4.79 Å². The number of carbonyl (C=O) groups is 2. The van der Waals surface area contributed by atoms with Gasteiger partial charge in [0.25, 0.3) is 5.91 Å². The maximum absolute atomic E-state index is 14.4. The first-order chi connectivity index (χ1) is 16.4. The van der Waals surface area contributed by atoms with Crippen LogP contribution in [0.25, 0.3) is 0 Å². The third-order valence-corrected chi connectivity index (χ3v) is 5.12. The molecule has 0 aliphatic rings.